The van der Waals surface area contributed by atoms with Crippen molar-refractivity contribution in [2.75, 3.05) is 0 Å². The third-order valence-corrected chi connectivity index (χ3v) is 3.03. The third kappa shape index (κ3) is 4.99. The summed E-state index contributed by atoms with van der Waals surface area (Å²) in [7, 11) is 0. The Bertz CT molecular complexity index is 626. The van der Waals surface area contributed by atoms with Crippen molar-refractivity contribution in [2.24, 2.45) is 0 Å². The summed E-state index contributed by atoms with van der Waals surface area (Å²) < 4.78 is 18.7. The maximum Gasteiger partial charge on any atom is 0.219 e. The molecule has 1 aromatic heterocycles. The van der Waals surface area contributed by atoms with Gasteiger partial charge < -0.3 is 10.1 Å². The Labute approximate surface area is 129 Å². The van der Waals surface area contributed by atoms with Crippen LogP contribution < -0.4 is 10.1 Å². The molecule has 0 atom stereocenters. The molecule has 0 aliphatic rings. The number of hydrogen-bond acceptors (Lipinski definition) is 3. The van der Waals surface area contributed by atoms with Crippen molar-refractivity contribution in [3.63, 3.8) is 0 Å². The summed E-state index contributed by atoms with van der Waals surface area (Å²) in [5, 5.41) is 3.42. The first kappa shape index (κ1) is 15.7. The Hall–Kier alpha value is -1.65. The molecule has 1 aromatic carbocycles. The predicted octanol–water partition coefficient (Wildman–Crippen LogP) is 4.55. The molecule has 0 amide bonds. The monoisotopic (exact) mass is 308 g/mol. The number of nitrogens with zero attached hydrogens (tertiary/aromatic N) is 1. The van der Waals surface area contributed by atoms with Crippen molar-refractivity contribution >= 4 is 11.6 Å². The van der Waals surface area contributed by atoms with Crippen LogP contribution >= 0.6 is 11.6 Å². The van der Waals surface area contributed by atoms with Gasteiger partial charge in [-0.15, -0.1) is 0 Å². The average molecular weight is 309 g/mol. The van der Waals surface area contributed by atoms with Gasteiger partial charge in [-0.2, -0.15) is 0 Å². The molecule has 0 unspecified atom stereocenters. The second-order valence-electron chi connectivity index (χ2n) is 5.78. The van der Waals surface area contributed by atoms with Gasteiger partial charge in [0.2, 0.25) is 5.88 Å². The lowest BCUT2D eigenvalue weighted by Crippen LogP contribution is -2.35. The van der Waals surface area contributed by atoms with Crippen LogP contribution in [0.2, 0.25) is 5.02 Å². The summed E-state index contributed by atoms with van der Waals surface area (Å²) in [6.45, 7) is 7.02. The number of nitrogens with one attached hydrogen (secondary N) is 1. The van der Waals surface area contributed by atoms with E-state index in [9.17, 15) is 4.39 Å². The summed E-state index contributed by atoms with van der Waals surface area (Å²) in [5.74, 6) is 0.431. The molecule has 3 nitrogen and oxygen atoms in total. The quantitative estimate of drug-likeness (QED) is 0.899. The summed E-state index contributed by atoms with van der Waals surface area (Å²) in [6, 6.07) is 7.98. The van der Waals surface area contributed by atoms with E-state index in [1.165, 1.54) is 18.2 Å². The highest BCUT2D eigenvalue weighted by Gasteiger charge is 2.09. The fraction of sp³-hybridized carbons (Fsp3) is 0.312. The van der Waals surface area contributed by atoms with Crippen molar-refractivity contribution in [1.29, 1.82) is 0 Å². The summed E-state index contributed by atoms with van der Waals surface area (Å²) in [4.78, 5) is 4.14. The maximum atomic E-state index is 13.1. The number of benzene rings is 1. The van der Waals surface area contributed by atoms with Crippen LogP contribution in [-0.4, -0.2) is 10.5 Å². The van der Waals surface area contributed by atoms with E-state index in [1.807, 2.05) is 12.1 Å². The van der Waals surface area contributed by atoms with Crippen LogP contribution in [0.15, 0.2) is 36.5 Å². The second-order valence-corrected chi connectivity index (χ2v) is 6.19. The first-order valence-corrected chi connectivity index (χ1v) is 7.04. The van der Waals surface area contributed by atoms with E-state index >= 15 is 0 Å². The second kappa shape index (κ2) is 6.41. The maximum absolute atomic E-state index is 13.1. The Morgan fingerprint density at radius 2 is 2.00 bits per heavy atom. The number of ether oxygens (including phenoxy) is 1. The molecule has 0 radical (unpaired) electrons. The van der Waals surface area contributed by atoms with E-state index < -0.39 is 5.82 Å². The predicted molar refractivity (Wildman–Crippen MR) is 82.3 cm³/mol. The molecule has 2 rings (SSSR count). The van der Waals surface area contributed by atoms with Gasteiger partial charge in [0.15, 0.2) is 0 Å². The van der Waals surface area contributed by atoms with Gasteiger partial charge in [-0.25, -0.2) is 9.37 Å². The highest BCUT2D eigenvalue weighted by molar-refractivity contribution is 6.30. The van der Waals surface area contributed by atoms with Gasteiger partial charge in [0, 0.05) is 30.4 Å². The minimum atomic E-state index is -0.472. The topological polar surface area (TPSA) is 34.2 Å². The number of hydrogen-bond donors (Lipinski definition) is 1. The van der Waals surface area contributed by atoms with Crippen molar-refractivity contribution < 1.29 is 9.13 Å². The molecule has 1 heterocycles. The summed E-state index contributed by atoms with van der Waals surface area (Å²) in [5.41, 5.74) is 1.09. The van der Waals surface area contributed by atoms with Crippen LogP contribution in [0.3, 0.4) is 0 Å². The van der Waals surface area contributed by atoms with E-state index in [4.69, 9.17) is 16.3 Å². The van der Waals surface area contributed by atoms with Crippen molar-refractivity contribution in [2.45, 2.75) is 32.9 Å². The van der Waals surface area contributed by atoms with Crippen LogP contribution in [0, 0.1) is 5.82 Å². The lowest BCUT2D eigenvalue weighted by molar-refractivity contribution is 0.421. The highest BCUT2D eigenvalue weighted by Crippen LogP contribution is 2.25. The highest BCUT2D eigenvalue weighted by atomic mass is 35.5. The fourth-order valence-electron chi connectivity index (χ4n) is 1.64. The fourth-order valence-corrected chi connectivity index (χ4v) is 1.82. The Morgan fingerprint density at radius 3 is 2.67 bits per heavy atom. The molecule has 0 aliphatic carbocycles. The number of rotatable bonds is 4. The molecule has 0 saturated heterocycles. The minimum absolute atomic E-state index is 0.0260. The molecule has 0 fully saturated rings. The van der Waals surface area contributed by atoms with Gasteiger partial charge in [-0.05, 0) is 44.5 Å². The summed E-state index contributed by atoms with van der Waals surface area (Å²) in [6.07, 6.45) is 1.68. The number of aromatic nitrogens is 1. The molecular weight excluding hydrogens is 291 g/mol. The SMILES string of the molecule is CC(C)(C)NCc1ccnc(Oc2ccc(F)c(Cl)c2)c1. The van der Waals surface area contributed by atoms with E-state index in [2.05, 4.69) is 31.1 Å². The van der Waals surface area contributed by atoms with Crippen LogP contribution in [0.4, 0.5) is 4.39 Å². The molecule has 1 N–H and O–H groups in total. The molecule has 21 heavy (non-hydrogen) atoms. The van der Waals surface area contributed by atoms with Gasteiger partial charge in [0.05, 0.1) is 5.02 Å². The minimum Gasteiger partial charge on any atom is -0.439 e. The Balaban J connectivity index is 2.08. The lowest BCUT2D eigenvalue weighted by Gasteiger charge is -2.20. The van der Waals surface area contributed by atoms with Gasteiger partial charge >= 0.3 is 0 Å². The molecule has 0 spiro atoms. The van der Waals surface area contributed by atoms with E-state index in [-0.39, 0.29) is 10.6 Å². The zero-order chi connectivity index (χ0) is 15.5. The van der Waals surface area contributed by atoms with Crippen molar-refractivity contribution in [1.82, 2.24) is 10.3 Å². The van der Waals surface area contributed by atoms with Crippen LogP contribution in [0.25, 0.3) is 0 Å². The lowest BCUT2D eigenvalue weighted by atomic mass is 10.1. The largest absolute Gasteiger partial charge is 0.439 e. The van der Waals surface area contributed by atoms with E-state index in [0.717, 1.165) is 5.56 Å². The molecular formula is C16H18ClFN2O. The summed E-state index contributed by atoms with van der Waals surface area (Å²) >= 11 is 5.73. The Morgan fingerprint density at radius 1 is 1.24 bits per heavy atom. The van der Waals surface area contributed by atoms with Gasteiger partial charge in [-0.3, -0.25) is 0 Å². The van der Waals surface area contributed by atoms with Gasteiger partial charge in [-0.1, -0.05) is 11.6 Å². The van der Waals surface area contributed by atoms with Crippen molar-refractivity contribution in [3.05, 3.63) is 52.9 Å². The van der Waals surface area contributed by atoms with Crippen LogP contribution in [0.5, 0.6) is 11.6 Å². The standard InChI is InChI=1S/C16H18ClFN2O/c1-16(2,3)20-10-11-6-7-19-15(8-11)21-12-4-5-14(18)13(17)9-12/h4-9,20H,10H2,1-3H3. The van der Waals surface area contributed by atoms with E-state index in [1.54, 1.807) is 6.20 Å². The zero-order valence-corrected chi connectivity index (χ0v) is 13.0. The van der Waals surface area contributed by atoms with Crippen LogP contribution in [-0.2, 0) is 6.54 Å². The first-order chi connectivity index (χ1) is 9.83. The molecule has 2 aromatic rings. The Kier molecular flexibility index (Phi) is 4.80. The molecule has 0 bridgehead atoms. The third-order valence-electron chi connectivity index (χ3n) is 2.74. The molecule has 0 saturated carbocycles. The molecule has 0 aliphatic heterocycles. The van der Waals surface area contributed by atoms with Gasteiger partial charge in [0.1, 0.15) is 11.6 Å². The normalized spacial score (nSPS) is 11.5. The zero-order valence-electron chi connectivity index (χ0n) is 12.3. The van der Waals surface area contributed by atoms with E-state index in [0.29, 0.717) is 18.2 Å². The van der Waals surface area contributed by atoms with Crippen LogP contribution in [0.1, 0.15) is 26.3 Å². The number of pyridine rings is 1. The smallest absolute Gasteiger partial charge is 0.219 e. The molecule has 112 valence electrons. The van der Waals surface area contributed by atoms with Gasteiger partial charge in [0.25, 0.3) is 0 Å². The average Bonchev–Trinajstić information content (AvgIpc) is 2.40. The van der Waals surface area contributed by atoms with Crippen molar-refractivity contribution in [3.8, 4) is 11.6 Å². The number of halogens is 2. The first-order valence-electron chi connectivity index (χ1n) is 6.66. The molecule has 5 heteroatoms.